The van der Waals surface area contributed by atoms with Crippen molar-refractivity contribution in [3.63, 3.8) is 0 Å². The number of ether oxygens (including phenoxy) is 1. The molecule has 0 aliphatic heterocycles. The van der Waals surface area contributed by atoms with Crippen molar-refractivity contribution in [2.75, 3.05) is 12.4 Å². The lowest BCUT2D eigenvalue weighted by atomic mass is 10.3. The number of aromatic nitrogens is 1. The molecule has 7 nitrogen and oxygen atoms in total. The fourth-order valence-electron chi connectivity index (χ4n) is 1.47. The van der Waals surface area contributed by atoms with Crippen molar-refractivity contribution in [1.82, 2.24) is 5.16 Å². The molecule has 0 radical (unpaired) electrons. The minimum atomic E-state index is -4.00. The molecular formula is C11H9ClN2O5S. The molecule has 1 N–H and O–H groups in total. The van der Waals surface area contributed by atoms with Crippen LogP contribution in [0.5, 0.6) is 5.75 Å². The van der Waals surface area contributed by atoms with E-state index < -0.39 is 15.0 Å². The van der Waals surface area contributed by atoms with Gasteiger partial charge in [0, 0.05) is 22.4 Å². The Bertz CT molecular complexity index is 727. The number of benzene rings is 1. The first-order valence-corrected chi connectivity index (χ1v) is 7.57. The first-order valence-electron chi connectivity index (χ1n) is 5.26. The van der Waals surface area contributed by atoms with Gasteiger partial charge >= 0.3 is 0 Å². The second-order valence-corrected chi connectivity index (χ2v) is 6.18. The van der Waals surface area contributed by atoms with Gasteiger partial charge in [-0.25, -0.2) is 8.42 Å². The molecule has 0 saturated heterocycles. The highest BCUT2D eigenvalue weighted by Crippen LogP contribution is 2.29. The van der Waals surface area contributed by atoms with Gasteiger partial charge in [0.1, 0.15) is 16.9 Å². The van der Waals surface area contributed by atoms with Gasteiger partial charge in [-0.1, -0.05) is 5.16 Å². The highest BCUT2D eigenvalue weighted by molar-refractivity contribution is 8.13. The third-order valence-corrected chi connectivity index (χ3v) is 3.70. The second kappa shape index (κ2) is 5.51. The molecule has 2 aromatic rings. The number of methoxy groups -OCH3 is 1. The molecule has 0 bridgehead atoms. The van der Waals surface area contributed by atoms with Gasteiger partial charge < -0.3 is 14.6 Å². The Kier molecular flexibility index (Phi) is 3.96. The van der Waals surface area contributed by atoms with E-state index in [-0.39, 0.29) is 22.0 Å². The summed E-state index contributed by atoms with van der Waals surface area (Å²) in [6.07, 6.45) is 1.25. The lowest BCUT2D eigenvalue weighted by Crippen LogP contribution is -2.12. The predicted molar refractivity (Wildman–Crippen MR) is 70.5 cm³/mol. The zero-order valence-electron chi connectivity index (χ0n) is 10.2. The highest BCUT2D eigenvalue weighted by Gasteiger charge is 2.18. The van der Waals surface area contributed by atoms with E-state index in [4.69, 9.17) is 15.4 Å². The van der Waals surface area contributed by atoms with Crippen molar-refractivity contribution in [2.45, 2.75) is 4.90 Å². The standard InChI is InChI=1S/C11H9ClN2O5S/c1-18-9-3-2-7(6-10(9)20(12,16)17)13-11(15)8-4-5-19-14-8/h2-6H,1H3,(H,13,15). The molecule has 0 atom stereocenters. The fourth-order valence-corrected chi connectivity index (χ4v) is 2.49. The SMILES string of the molecule is COc1ccc(NC(=O)c2ccon2)cc1S(=O)(=O)Cl. The van der Waals surface area contributed by atoms with Gasteiger partial charge in [-0.15, -0.1) is 0 Å². The molecule has 9 heteroatoms. The molecular weight excluding hydrogens is 308 g/mol. The summed E-state index contributed by atoms with van der Waals surface area (Å²) in [4.78, 5) is 11.5. The summed E-state index contributed by atoms with van der Waals surface area (Å²) < 4.78 is 32.3. The molecule has 1 aromatic heterocycles. The van der Waals surface area contributed by atoms with Crippen LogP contribution in [0.2, 0.25) is 0 Å². The number of nitrogens with one attached hydrogen (secondary N) is 1. The van der Waals surface area contributed by atoms with Gasteiger partial charge in [0.25, 0.3) is 15.0 Å². The van der Waals surface area contributed by atoms with Crippen LogP contribution in [0.15, 0.2) is 39.9 Å². The number of rotatable bonds is 4. The number of hydrogen-bond donors (Lipinski definition) is 1. The topological polar surface area (TPSA) is 98.5 Å². The Morgan fingerprint density at radius 1 is 1.40 bits per heavy atom. The zero-order chi connectivity index (χ0) is 14.8. The average Bonchev–Trinajstić information content (AvgIpc) is 2.91. The van der Waals surface area contributed by atoms with Gasteiger partial charge in [-0.3, -0.25) is 4.79 Å². The minimum absolute atomic E-state index is 0.0658. The molecule has 106 valence electrons. The molecule has 0 fully saturated rings. The monoisotopic (exact) mass is 316 g/mol. The Morgan fingerprint density at radius 2 is 2.15 bits per heavy atom. The number of hydrogen-bond acceptors (Lipinski definition) is 6. The Labute approximate surface area is 118 Å². The van der Waals surface area contributed by atoms with Crippen LogP contribution < -0.4 is 10.1 Å². The second-order valence-electron chi connectivity index (χ2n) is 3.64. The number of anilines is 1. The van der Waals surface area contributed by atoms with Crippen LogP contribution >= 0.6 is 10.7 Å². The van der Waals surface area contributed by atoms with E-state index in [1.165, 1.54) is 37.6 Å². The van der Waals surface area contributed by atoms with E-state index >= 15 is 0 Å². The zero-order valence-corrected chi connectivity index (χ0v) is 11.7. The van der Waals surface area contributed by atoms with E-state index in [1.807, 2.05) is 0 Å². The summed E-state index contributed by atoms with van der Waals surface area (Å²) in [5.41, 5.74) is 0.300. The van der Waals surface area contributed by atoms with Gasteiger partial charge in [0.2, 0.25) is 0 Å². The van der Waals surface area contributed by atoms with E-state index in [0.717, 1.165) is 0 Å². The first-order chi connectivity index (χ1) is 9.41. The van der Waals surface area contributed by atoms with Crippen LogP contribution in [-0.2, 0) is 9.05 Å². The van der Waals surface area contributed by atoms with E-state index in [0.29, 0.717) is 0 Å². The van der Waals surface area contributed by atoms with Crippen LogP contribution in [0.4, 0.5) is 5.69 Å². The van der Waals surface area contributed by atoms with Crippen molar-refractivity contribution < 1.29 is 22.5 Å². The van der Waals surface area contributed by atoms with Gasteiger partial charge in [-0.05, 0) is 18.2 Å². The predicted octanol–water partition coefficient (Wildman–Crippen LogP) is 1.86. The van der Waals surface area contributed by atoms with Gasteiger partial charge in [0.05, 0.1) is 7.11 Å². The van der Waals surface area contributed by atoms with E-state index in [2.05, 4.69) is 15.0 Å². The number of carbonyl (C=O) groups excluding carboxylic acids is 1. The smallest absolute Gasteiger partial charge is 0.277 e. The Hall–Kier alpha value is -2.06. The third-order valence-electron chi connectivity index (χ3n) is 2.35. The summed E-state index contributed by atoms with van der Waals surface area (Å²) in [5.74, 6) is -0.457. The summed E-state index contributed by atoms with van der Waals surface area (Å²) in [5, 5.41) is 5.93. The molecule has 0 unspecified atom stereocenters. The molecule has 20 heavy (non-hydrogen) atoms. The summed E-state index contributed by atoms with van der Waals surface area (Å²) in [6, 6.07) is 5.42. The molecule has 1 aromatic carbocycles. The summed E-state index contributed by atoms with van der Waals surface area (Å²) in [6.45, 7) is 0. The van der Waals surface area contributed by atoms with Crippen molar-refractivity contribution in [3.8, 4) is 5.75 Å². The van der Waals surface area contributed by atoms with Crippen LogP contribution in [0.3, 0.4) is 0 Å². The molecule has 1 heterocycles. The van der Waals surface area contributed by atoms with E-state index in [9.17, 15) is 13.2 Å². The summed E-state index contributed by atoms with van der Waals surface area (Å²) >= 11 is 0. The molecule has 0 saturated carbocycles. The third kappa shape index (κ3) is 3.09. The molecule has 0 aliphatic carbocycles. The number of halogens is 1. The average molecular weight is 317 g/mol. The van der Waals surface area contributed by atoms with Crippen molar-refractivity contribution in [3.05, 3.63) is 36.2 Å². The number of carbonyl (C=O) groups is 1. The molecule has 0 spiro atoms. The Morgan fingerprint density at radius 3 is 2.70 bits per heavy atom. The minimum Gasteiger partial charge on any atom is -0.495 e. The van der Waals surface area contributed by atoms with Crippen LogP contribution in [-0.4, -0.2) is 26.6 Å². The van der Waals surface area contributed by atoms with Crippen LogP contribution in [0.25, 0.3) is 0 Å². The van der Waals surface area contributed by atoms with Crippen molar-refractivity contribution >= 4 is 31.3 Å². The van der Waals surface area contributed by atoms with Crippen molar-refractivity contribution in [1.29, 1.82) is 0 Å². The lowest BCUT2D eigenvalue weighted by molar-refractivity contribution is 0.101. The molecule has 2 rings (SSSR count). The quantitative estimate of drug-likeness (QED) is 0.864. The maximum Gasteiger partial charge on any atom is 0.277 e. The number of nitrogens with zero attached hydrogens (tertiary/aromatic N) is 1. The van der Waals surface area contributed by atoms with Gasteiger partial charge in [0.15, 0.2) is 5.69 Å². The summed E-state index contributed by atoms with van der Waals surface area (Å²) in [7, 11) is 2.62. The number of amides is 1. The van der Waals surface area contributed by atoms with Crippen molar-refractivity contribution in [2.24, 2.45) is 0 Å². The largest absolute Gasteiger partial charge is 0.495 e. The fraction of sp³-hybridized carbons (Fsp3) is 0.0909. The maximum atomic E-state index is 11.7. The Balaban J connectivity index is 2.33. The van der Waals surface area contributed by atoms with E-state index in [1.54, 1.807) is 0 Å². The molecule has 1 amide bonds. The van der Waals surface area contributed by atoms with Crippen LogP contribution in [0.1, 0.15) is 10.5 Å². The normalized spacial score (nSPS) is 11.1. The molecule has 0 aliphatic rings. The van der Waals surface area contributed by atoms with Crippen LogP contribution in [0, 0.1) is 0 Å². The highest BCUT2D eigenvalue weighted by atomic mass is 35.7. The maximum absolute atomic E-state index is 11.7. The van der Waals surface area contributed by atoms with Gasteiger partial charge in [-0.2, -0.15) is 0 Å². The lowest BCUT2D eigenvalue weighted by Gasteiger charge is -2.08. The first kappa shape index (κ1) is 14.4.